The maximum Gasteiger partial charge on any atom is 0.345 e. The summed E-state index contributed by atoms with van der Waals surface area (Å²) in [7, 11) is 0. The van der Waals surface area contributed by atoms with Crippen LogP contribution in [-0.2, 0) is 0 Å². The lowest BCUT2D eigenvalue weighted by atomic mass is 10.1. The summed E-state index contributed by atoms with van der Waals surface area (Å²) in [6.07, 6.45) is 1.24. The molecule has 0 bridgehead atoms. The highest BCUT2D eigenvalue weighted by molar-refractivity contribution is 5.96. The van der Waals surface area contributed by atoms with E-state index in [1.165, 1.54) is 6.33 Å². The van der Waals surface area contributed by atoms with Crippen molar-refractivity contribution in [1.82, 2.24) is 9.97 Å². The zero-order valence-corrected chi connectivity index (χ0v) is 9.64. The van der Waals surface area contributed by atoms with Gasteiger partial charge in [-0.05, 0) is 18.6 Å². The number of carbonyl (C=O) groups is 2. The first-order chi connectivity index (χ1) is 8.59. The predicted molar refractivity (Wildman–Crippen MR) is 63.2 cm³/mol. The number of rotatable bonds is 3. The Hall–Kier alpha value is -2.63. The average Bonchev–Trinajstić information content (AvgIpc) is 2.77. The van der Waals surface area contributed by atoms with E-state index >= 15 is 0 Å². The van der Waals surface area contributed by atoms with E-state index in [9.17, 15) is 9.59 Å². The Morgan fingerprint density at radius 2 is 2.06 bits per heavy atom. The third kappa shape index (κ3) is 2.22. The van der Waals surface area contributed by atoms with Crippen molar-refractivity contribution in [3.63, 3.8) is 0 Å². The van der Waals surface area contributed by atoms with Gasteiger partial charge in [0.25, 0.3) is 11.8 Å². The minimum absolute atomic E-state index is 0.0306. The molecule has 1 aromatic carbocycles. The Morgan fingerprint density at radius 3 is 2.72 bits per heavy atom. The van der Waals surface area contributed by atoms with Gasteiger partial charge in [-0.25, -0.2) is 9.78 Å². The predicted octanol–water partition coefficient (Wildman–Crippen LogP) is 1.04. The topological polar surface area (TPSA) is 98.1 Å². The SMILES string of the molecule is Cc1ccccc1C(=O)Oc1nc[nH]c1C(N)=O. The monoisotopic (exact) mass is 245 g/mol. The molecule has 92 valence electrons. The highest BCUT2D eigenvalue weighted by Crippen LogP contribution is 2.15. The van der Waals surface area contributed by atoms with Crippen molar-refractivity contribution in [3.05, 3.63) is 47.4 Å². The van der Waals surface area contributed by atoms with Gasteiger partial charge in [-0.15, -0.1) is 0 Å². The van der Waals surface area contributed by atoms with Crippen molar-refractivity contribution in [2.75, 3.05) is 0 Å². The zero-order valence-electron chi connectivity index (χ0n) is 9.64. The summed E-state index contributed by atoms with van der Waals surface area (Å²) in [6, 6.07) is 6.96. The quantitative estimate of drug-likeness (QED) is 0.789. The van der Waals surface area contributed by atoms with E-state index in [-0.39, 0.29) is 11.6 Å². The Balaban J connectivity index is 2.25. The summed E-state index contributed by atoms with van der Waals surface area (Å²) in [5.74, 6) is -1.43. The maximum atomic E-state index is 11.9. The third-order valence-electron chi connectivity index (χ3n) is 2.41. The number of H-pyrrole nitrogens is 1. The first-order valence-electron chi connectivity index (χ1n) is 5.20. The number of ether oxygens (including phenoxy) is 1. The van der Waals surface area contributed by atoms with E-state index in [2.05, 4.69) is 9.97 Å². The van der Waals surface area contributed by atoms with E-state index in [1.54, 1.807) is 25.1 Å². The molecular formula is C12H11N3O3. The van der Waals surface area contributed by atoms with Crippen LogP contribution in [0.3, 0.4) is 0 Å². The smallest absolute Gasteiger partial charge is 0.345 e. The molecule has 6 nitrogen and oxygen atoms in total. The molecule has 1 amide bonds. The highest BCUT2D eigenvalue weighted by Gasteiger charge is 2.18. The molecule has 18 heavy (non-hydrogen) atoms. The number of carbonyl (C=O) groups excluding carboxylic acids is 2. The molecule has 6 heteroatoms. The van der Waals surface area contributed by atoms with Crippen LogP contribution in [0.1, 0.15) is 26.4 Å². The van der Waals surface area contributed by atoms with Crippen molar-refractivity contribution < 1.29 is 14.3 Å². The van der Waals surface area contributed by atoms with E-state index in [4.69, 9.17) is 10.5 Å². The minimum Gasteiger partial charge on any atom is -0.401 e. The highest BCUT2D eigenvalue weighted by atomic mass is 16.5. The molecule has 0 aliphatic rings. The van der Waals surface area contributed by atoms with Gasteiger partial charge in [0.1, 0.15) is 0 Å². The zero-order chi connectivity index (χ0) is 13.1. The molecule has 0 aliphatic carbocycles. The number of aryl methyl sites for hydroxylation is 1. The molecule has 0 aliphatic heterocycles. The molecule has 2 aromatic rings. The largest absolute Gasteiger partial charge is 0.401 e. The number of aromatic amines is 1. The molecule has 0 spiro atoms. The third-order valence-corrected chi connectivity index (χ3v) is 2.41. The number of hydrogen-bond acceptors (Lipinski definition) is 4. The molecule has 0 radical (unpaired) electrons. The molecule has 3 N–H and O–H groups in total. The number of nitrogens with one attached hydrogen (secondary N) is 1. The summed E-state index contributed by atoms with van der Waals surface area (Å²) in [5.41, 5.74) is 6.26. The summed E-state index contributed by atoms with van der Waals surface area (Å²) < 4.78 is 5.03. The molecule has 0 unspecified atom stereocenters. The fourth-order valence-electron chi connectivity index (χ4n) is 1.48. The van der Waals surface area contributed by atoms with Crippen LogP contribution in [0, 0.1) is 6.92 Å². The summed E-state index contributed by atoms with van der Waals surface area (Å²) in [6.45, 7) is 1.79. The second-order valence-electron chi connectivity index (χ2n) is 3.65. The van der Waals surface area contributed by atoms with Crippen LogP contribution in [0.4, 0.5) is 0 Å². The molecule has 1 aromatic heterocycles. The number of esters is 1. The van der Waals surface area contributed by atoms with Crippen molar-refractivity contribution in [2.24, 2.45) is 5.73 Å². The summed E-state index contributed by atoms with van der Waals surface area (Å²) >= 11 is 0. The number of benzene rings is 1. The molecule has 0 fully saturated rings. The second kappa shape index (κ2) is 4.70. The van der Waals surface area contributed by atoms with Crippen LogP contribution in [0.5, 0.6) is 5.88 Å². The number of hydrogen-bond donors (Lipinski definition) is 2. The first kappa shape index (κ1) is 11.8. The lowest BCUT2D eigenvalue weighted by Crippen LogP contribution is -2.16. The van der Waals surface area contributed by atoms with Gasteiger partial charge in [0.2, 0.25) is 0 Å². The Morgan fingerprint density at radius 1 is 1.33 bits per heavy atom. The van der Waals surface area contributed by atoms with E-state index in [1.807, 2.05) is 6.07 Å². The van der Waals surface area contributed by atoms with Gasteiger partial charge < -0.3 is 15.5 Å². The van der Waals surface area contributed by atoms with Crippen LogP contribution in [0.25, 0.3) is 0 Å². The number of primary amides is 1. The molecule has 0 saturated carbocycles. The van der Waals surface area contributed by atoms with E-state index < -0.39 is 11.9 Å². The molecule has 2 rings (SSSR count). The van der Waals surface area contributed by atoms with Crippen molar-refractivity contribution in [2.45, 2.75) is 6.92 Å². The van der Waals surface area contributed by atoms with Gasteiger partial charge in [0.15, 0.2) is 5.69 Å². The van der Waals surface area contributed by atoms with E-state index in [0.29, 0.717) is 5.56 Å². The lowest BCUT2D eigenvalue weighted by molar-refractivity contribution is 0.0725. The van der Waals surface area contributed by atoms with Gasteiger partial charge in [-0.2, -0.15) is 0 Å². The molecule has 0 atom stereocenters. The van der Waals surface area contributed by atoms with Crippen LogP contribution < -0.4 is 10.5 Å². The Kier molecular flexibility index (Phi) is 3.09. The number of nitrogens with zero attached hydrogens (tertiary/aromatic N) is 1. The van der Waals surface area contributed by atoms with Crippen molar-refractivity contribution >= 4 is 11.9 Å². The minimum atomic E-state index is -0.736. The lowest BCUT2D eigenvalue weighted by Gasteiger charge is -2.04. The number of nitrogens with two attached hydrogens (primary N) is 1. The van der Waals surface area contributed by atoms with Gasteiger partial charge in [-0.1, -0.05) is 18.2 Å². The van der Waals surface area contributed by atoms with Crippen LogP contribution in [-0.4, -0.2) is 21.8 Å². The van der Waals surface area contributed by atoms with Gasteiger partial charge in [0.05, 0.1) is 11.9 Å². The number of aromatic nitrogens is 2. The fourth-order valence-corrected chi connectivity index (χ4v) is 1.48. The Labute approximate surface area is 103 Å². The summed E-state index contributed by atoms with van der Waals surface area (Å²) in [4.78, 5) is 29.2. The van der Waals surface area contributed by atoms with Crippen molar-refractivity contribution in [1.29, 1.82) is 0 Å². The van der Waals surface area contributed by atoms with Gasteiger partial charge in [-0.3, -0.25) is 4.79 Å². The average molecular weight is 245 g/mol. The Bertz CT molecular complexity index is 604. The number of amides is 1. The van der Waals surface area contributed by atoms with Crippen LogP contribution >= 0.6 is 0 Å². The standard InChI is InChI=1S/C12H11N3O3/c1-7-4-2-3-5-8(7)12(17)18-11-9(10(13)16)14-6-15-11/h2-6H,1H3,(H2,13,16)(H,14,15). The number of imidazole rings is 1. The second-order valence-corrected chi connectivity index (χ2v) is 3.65. The van der Waals surface area contributed by atoms with Crippen LogP contribution in [0.2, 0.25) is 0 Å². The van der Waals surface area contributed by atoms with Gasteiger partial charge in [0, 0.05) is 0 Å². The van der Waals surface area contributed by atoms with Gasteiger partial charge >= 0.3 is 5.97 Å². The molecule has 1 heterocycles. The first-order valence-corrected chi connectivity index (χ1v) is 5.20. The molecular weight excluding hydrogens is 234 g/mol. The summed E-state index contributed by atoms with van der Waals surface area (Å²) in [5, 5.41) is 0. The molecule has 0 saturated heterocycles. The maximum absolute atomic E-state index is 11.9. The van der Waals surface area contributed by atoms with Crippen LogP contribution in [0.15, 0.2) is 30.6 Å². The van der Waals surface area contributed by atoms with E-state index in [0.717, 1.165) is 5.56 Å². The normalized spacial score (nSPS) is 10.1. The fraction of sp³-hybridized carbons (Fsp3) is 0.0833. The van der Waals surface area contributed by atoms with Crippen molar-refractivity contribution in [3.8, 4) is 5.88 Å².